The van der Waals surface area contributed by atoms with E-state index in [0.717, 1.165) is 48.9 Å². The van der Waals surface area contributed by atoms with Crippen molar-refractivity contribution in [3.63, 3.8) is 0 Å². The smallest absolute Gasteiger partial charge is 0.340 e. The van der Waals surface area contributed by atoms with Crippen molar-refractivity contribution in [3.05, 3.63) is 28.3 Å². The Labute approximate surface area is 173 Å². The molecule has 1 aliphatic carbocycles. The molecule has 154 valence electrons. The van der Waals surface area contributed by atoms with E-state index in [0.29, 0.717) is 16.3 Å². The number of methoxy groups -OCH3 is 1. The topological polar surface area (TPSA) is 55.4 Å². The van der Waals surface area contributed by atoms with E-state index < -0.39 is 11.5 Å². The number of halogens is 1. The van der Waals surface area contributed by atoms with Gasteiger partial charge in [-0.3, -0.25) is 4.79 Å². The number of nitrogens with zero attached hydrogens (tertiary/aromatic N) is 1. The first-order valence-corrected chi connectivity index (χ1v) is 10.8. The first kappa shape index (κ1) is 21.1. The van der Waals surface area contributed by atoms with Crippen molar-refractivity contribution in [1.82, 2.24) is 0 Å². The molecule has 6 heteroatoms. The zero-order valence-corrected chi connectivity index (χ0v) is 18.0. The van der Waals surface area contributed by atoms with Gasteiger partial charge in [0, 0.05) is 17.9 Å². The van der Waals surface area contributed by atoms with Crippen LogP contribution in [0.15, 0.2) is 12.1 Å². The highest BCUT2D eigenvalue weighted by molar-refractivity contribution is 6.31. The molecule has 5 nitrogen and oxygen atoms in total. The fraction of sp³-hybridized carbons (Fsp3) is 0.636. The van der Waals surface area contributed by atoms with Gasteiger partial charge in [-0.15, -0.1) is 0 Å². The Morgan fingerprint density at radius 2 is 1.79 bits per heavy atom. The molecule has 1 N–H and O–H groups in total. The molecule has 0 spiro atoms. The van der Waals surface area contributed by atoms with E-state index in [1.54, 1.807) is 12.1 Å². The average Bonchev–Trinajstić information content (AvgIpc) is 2.88. The van der Waals surface area contributed by atoms with Crippen LogP contribution in [0, 0.1) is 6.92 Å². The molecule has 0 atom stereocenters. The van der Waals surface area contributed by atoms with Crippen LogP contribution in [0.4, 0.5) is 5.69 Å². The third-order valence-electron chi connectivity index (χ3n) is 6.98. The fourth-order valence-electron chi connectivity index (χ4n) is 5.18. The van der Waals surface area contributed by atoms with E-state index in [-0.39, 0.29) is 5.91 Å². The normalized spacial score (nSPS) is 20.6. The molecule has 2 fully saturated rings. The second-order valence-electron chi connectivity index (χ2n) is 8.30. The largest absolute Gasteiger partial charge is 0.465 e. The number of aryl methyl sites for hydroxylation is 1. The van der Waals surface area contributed by atoms with Crippen LogP contribution in [-0.2, 0) is 9.53 Å². The van der Waals surface area contributed by atoms with Crippen LogP contribution in [0.5, 0.6) is 0 Å². The second kappa shape index (κ2) is 8.42. The minimum Gasteiger partial charge on any atom is -0.465 e. The molecular weight excluding hydrogens is 376 g/mol. The summed E-state index contributed by atoms with van der Waals surface area (Å²) in [6.07, 6.45) is 7.75. The summed E-state index contributed by atoms with van der Waals surface area (Å²) in [5, 5.41) is 3.58. The number of benzene rings is 1. The third-order valence-corrected chi connectivity index (χ3v) is 7.20. The number of carbonyl (C=O) groups is 2. The number of nitrogens with one attached hydrogen (secondary N) is 1. The van der Waals surface area contributed by atoms with Gasteiger partial charge in [-0.2, -0.15) is 0 Å². The van der Waals surface area contributed by atoms with Crippen LogP contribution >= 0.6 is 11.6 Å². The number of esters is 1. The Hall–Kier alpha value is -1.59. The number of likely N-dealkylation sites (N-methyl/N-ethyl adjacent to an activating group) is 1. The van der Waals surface area contributed by atoms with Crippen LogP contribution in [0.2, 0.25) is 5.02 Å². The van der Waals surface area contributed by atoms with Crippen LogP contribution in [0.3, 0.4) is 0 Å². The summed E-state index contributed by atoms with van der Waals surface area (Å²) >= 11 is 6.15. The lowest BCUT2D eigenvalue weighted by atomic mass is 9.72. The maximum Gasteiger partial charge on any atom is 0.340 e. The molecule has 0 bridgehead atoms. The van der Waals surface area contributed by atoms with Crippen molar-refractivity contribution >= 4 is 29.2 Å². The summed E-state index contributed by atoms with van der Waals surface area (Å²) in [6.45, 7) is 7.17. The SMILES string of the molecule is CC[N+]1(C2(C(=O)Nc3c(C)cc(Cl)cc3C(=O)OC)CCC2)CCCCCC1. The average molecular weight is 408 g/mol. The molecule has 1 aromatic carbocycles. The number of quaternary nitrogens is 1. The summed E-state index contributed by atoms with van der Waals surface area (Å²) in [5.41, 5.74) is 1.22. The highest BCUT2D eigenvalue weighted by atomic mass is 35.5. The van der Waals surface area contributed by atoms with Crippen LogP contribution in [0.1, 0.15) is 67.8 Å². The summed E-state index contributed by atoms with van der Waals surface area (Å²) in [5.74, 6) is -0.448. The summed E-state index contributed by atoms with van der Waals surface area (Å²) in [6, 6.07) is 3.34. The van der Waals surface area contributed by atoms with E-state index in [4.69, 9.17) is 16.3 Å². The molecule has 0 radical (unpaired) electrons. The van der Waals surface area contributed by atoms with Gasteiger partial charge < -0.3 is 14.5 Å². The molecule has 0 aromatic heterocycles. The van der Waals surface area contributed by atoms with Crippen molar-refractivity contribution in [3.8, 4) is 0 Å². The molecule has 3 rings (SSSR count). The highest BCUT2D eigenvalue weighted by Gasteiger charge is 2.59. The first-order chi connectivity index (χ1) is 13.4. The number of hydrogen-bond acceptors (Lipinski definition) is 3. The van der Waals surface area contributed by atoms with Gasteiger partial charge in [0.1, 0.15) is 0 Å². The van der Waals surface area contributed by atoms with Crippen molar-refractivity contribution in [1.29, 1.82) is 0 Å². The summed E-state index contributed by atoms with van der Waals surface area (Å²) in [7, 11) is 1.34. The maximum absolute atomic E-state index is 13.7. The molecule has 1 aliphatic heterocycles. The zero-order chi connectivity index (χ0) is 20.4. The fourth-order valence-corrected chi connectivity index (χ4v) is 5.45. The number of carbonyl (C=O) groups excluding carboxylic acids is 2. The second-order valence-corrected chi connectivity index (χ2v) is 8.74. The zero-order valence-electron chi connectivity index (χ0n) is 17.3. The van der Waals surface area contributed by atoms with Crippen molar-refractivity contribution in [2.24, 2.45) is 0 Å². The van der Waals surface area contributed by atoms with Gasteiger partial charge in [0.05, 0.1) is 38.0 Å². The Morgan fingerprint density at radius 1 is 1.14 bits per heavy atom. The molecule has 1 saturated heterocycles. The van der Waals surface area contributed by atoms with Crippen LogP contribution < -0.4 is 5.32 Å². The number of rotatable bonds is 5. The number of ether oxygens (including phenoxy) is 1. The molecule has 2 aliphatic rings. The van der Waals surface area contributed by atoms with Gasteiger partial charge >= 0.3 is 5.97 Å². The van der Waals surface area contributed by atoms with Gasteiger partial charge in [-0.05, 0) is 63.6 Å². The van der Waals surface area contributed by atoms with E-state index in [1.807, 2.05) is 6.92 Å². The lowest BCUT2D eigenvalue weighted by Crippen LogP contribution is -2.72. The van der Waals surface area contributed by atoms with Gasteiger partial charge in [0.2, 0.25) is 0 Å². The number of amides is 1. The van der Waals surface area contributed by atoms with Crippen LogP contribution in [0.25, 0.3) is 0 Å². The first-order valence-electron chi connectivity index (χ1n) is 10.5. The number of anilines is 1. The molecule has 1 aromatic rings. The van der Waals surface area contributed by atoms with E-state index in [9.17, 15) is 9.59 Å². The Bertz CT molecular complexity index is 750. The molecule has 0 unspecified atom stereocenters. The monoisotopic (exact) mass is 407 g/mol. The molecule has 1 amide bonds. The molecule has 28 heavy (non-hydrogen) atoms. The molecule has 1 saturated carbocycles. The predicted molar refractivity (Wildman–Crippen MR) is 112 cm³/mol. The van der Waals surface area contributed by atoms with Crippen molar-refractivity contribution in [2.75, 3.05) is 32.1 Å². The van der Waals surface area contributed by atoms with Gasteiger partial charge in [-0.1, -0.05) is 11.6 Å². The third kappa shape index (κ3) is 3.55. The Morgan fingerprint density at radius 3 is 2.29 bits per heavy atom. The minimum absolute atomic E-state index is 0.0399. The van der Waals surface area contributed by atoms with Gasteiger partial charge in [-0.25, -0.2) is 4.79 Å². The Balaban J connectivity index is 1.96. The van der Waals surface area contributed by atoms with E-state index >= 15 is 0 Å². The standard InChI is InChI=1S/C22H31ClN2O3/c1-4-25(12-7-5-6-8-13-25)22(10-9-11-22)21(27)24-19-16(2)14-17(23)15-18(19)20(26)28-3/h14-15H,4-13H2,1-3H3/p+1. The lowest BCUT2D eigenvalue weighted by Gasteiger charge is -2.56. The quantitative estimate of drug-likeness (QED) is 0.568. The highest BCUT2D eigenvalue weighted by Crippen LogP contribution is 2.45. The minimum atomic E-state index is -0.488. The number of hydrogen-bond donors (Lipinski definition) is 1. The summed E-state index contributed by atoms with van der Waals surface area (Å²) < 4.78 is 5.79. The summed E-state index contributed by atoms with van der Waals surface area (Å²) in [4.78, 5) is 26.0. The number of likely N-dealkylation sites (tertiary alicyclic amines) is 1. The van der Waals surface area contributed by atoms with Crippen LogP contribution in [-0.4, -0.2) is 48.6 Å². The van der Waals surface area contributed by atoms with Crippen molar-refractivity contribution in [2.45, 2.75) is 64.3 Å². The Kier molecular flexibility index (Phi) is 6.35. The lowest BCUT2D eigenvalue weighted by molar-refractivity contribution is -0.970. The van der Waals surface area contributed by atoms with Gasteiger partial charge in [0.15, 0.2) is 5.54 Å². The predicted octanol–water partition coefficient (Wildman–Crippen LogP) is 4.71. The molecule has 1 heterocycles. The van der Waals surface area contributed by atoms with Crippen molar-refractivity contribution < 1.29 is 18.8 Å². The maximum atomic E-state index is 13.7. The van der Waals surface area contributed by atoms with E-state index in [2.05, 4.69) is 12.2 Å². The van der Waals surface area contributed by atoms with E-state index in [1.165, 1.54) is 32.8 Å². The van der Waals surface area contributed by atoms with Gasteiger partial charge in [0.25, 0.3) is 5.91 Å². The molecular formula is C22H32ClN2O3+.